The fourth-order valence-electron chi connectivity index (χ4n) is 5.75. The van der Waals surface area contributed by atoms with Gasteiger partial charge in [0.15, 0.2) is 5.60 Å². The molecule has 2 aliphatic heterocycles. The maximum absolute atomic E-state index is 13.6. The molecule has 0 fully saturated rings. The first-order chi connectivity index (χ1) is 18.1. The molecule has 0 spiro atoms. The SMILES string of the molecule is CCC1(O)C(=O)OCc2c1cc1n(c2=O)Cc2c-1nc1ccccc1c2CC[Si](C)(C)CCCOC(C)=O. The van der Waals surface area contributed by atoms with Gasteiger partial charge in [0.05, 0.1) is 35.6 Å². The number of pyridine rings is 2. The van der Waals surface area contributed by atoms with Gasteiger partial charge in [-0.1, -0.05) is 50.3 Å². The van der Waals surface area contributed by atoms with Crippen molar-refractivity contribution in [2.45, 2.75) is 77.0 Å². The maximum Gasteiger partial charge on any atom is 0.343 e. The van der Waals surface area contributed by atoms with Crippen LogP contribution in [-0.4, -0.2) is 41.3 Å². The lowest BCUT2D eigenvalue weighted by atomic mass is 9.86. The Bertz CT molecular complexity index is 1510. The van der Waals surface area contributed by atoms with Crippen LogP contribution in [0.2, 0.25) is 25.2 Å². The van der Waals surface area contributed by atoms with Gasteiger partial charge in [-0.15, -0.1) is 0 Å². The van der Waals surface area contributed by atoms with E-state index in [2.05, 4.69) is 19.2 Å². The topological polar surface area (TPSA) is 108 Å². The fraction of sp³-hybridized carbons (Fsp3) is 0.448. The highest BCUT2D eigenvalue weighted by molar-refractivity contribution is 6.77. The highest BCUT2D eigenvalue weighted by Gasteiger charge is 2.45. The number of cyclic esters (lactones) is 1. The molecule has 38 heavy (non-hydrogen) atoms. The molecule has 1 N–H and O–H groups in total. The number of fused-ring (bicyclic) bond motifs is 5. The molecule has 0 amide bonds. The summed E-state index contributed by atoms with van der Waals surface area (Å²) in [5.41, 5.74) is 3.04. The van der Waals surface area contributed by atoms with Crippen molar-refractivity contribution in [1.29, 1.82) is 0 Å². The number of rotatable bonds is 8. The van der Waals surface area contributed by atoms with Gasteiger partial charge in [-0.2, -0.15) is 0 Å². The summed E-state index contributed by atoms with van der Waals surface area (Å²) in [5.74, 6) is -0.962. The Kier molecular flexibility index (Phi) is 6.77. The van der Waals surface area contributed by atoms with E-state index in [1.54, 1.807) is 17.6 Å². The Balaban J connectivity index is 1.55. The van der Waals surface area contributed by atoms with Gasteiger partial charge < -0.3 is 19.1 Å². The van der Waals surface area contributed by atoms with E-state index < -0.39 is 19.6 Å². The number of ether oxygens (including phenoxy) is 2. The minimum absolute atomic E-state index is 0.113. The van der Waals surface area contributed by atoms with Gasteiger partial charge in [-0.05, 0) is 37.0 Å². The third-order valence-corrected chi connectivity index (χ3v) is 11.4. The van der Waals surface area contributed by atoms with Crippen molar-refractivity contribution in [3.63, 3.8) is 0 Å². The van der Waals surface area contributed by atoms with Crippen LogP contribution in [0.1, 0.15) is 48.9 Å². The van der Waals surface area contributed by atoms with Crippen LogP contribution >= 0.6 is 0 Å². The van der Waals surface area contributed by atoms with Crippen LogP contribution in [0, 0.1) is 0 Å². The molecular formula is C29H34N2O6Si. The monoisotopic (exact) mass is 534 g/mol. The van der Waals surface area contributed by atoms with Crippen LogP contribution in [0.25, 0.3) is 22.3 Å². The first kappa shape index (κ1) is 26.3. The van der Waals surface area contributed by atoms with E-state index in [1.807, 2.05) is 18.2 Å². The van der Waals surface area contributed by atoms with Crippen LogP contribution in [-0.2, 0) is 44.2 Å². The van der Waals surface area contributed by atoms with Crippen molar-refractivity contribution in [3.8, 4) is 11.4 Å². The minimum Gasteiger partial charge on any atom is -0.466 e. The quantitative estimate of drug-likeness (QED) is 0.204. The number of carbonyl (C=O) groups is 2. The molecule has 0 aliphatic carbocycles. The van der Waals surface area contributed by atoms with Crippen LogP contribution in [0.5, 0.6) is 0 Å². The number of para-hydroxylation sites is 1. The van der Waals surface area contributed by atoms with Gasteiger partial charge in [0.25, 0.3) is 5.56 Å². The third-order valence-electron chi connectivity index (χ3n) is 8.07. The molecule has 0 saturated heterocycles. The zero-order valence-corrected chi connectivity index (χ0v) is 23.4. The minimum atomic E-state index is -1.84. The molecule has 2 aromatic heterocycles. The lowest BCUT2D eigenvalue weighted by Gasteiger charge is -2.31. The molecule has 200 valence electrons. The Morgan fingerprint density at radius 1 is 1.21 bits per heavy atom. The Morgan fingerprint density at radius 2 is 1.97 bits per heavy atom. The summed E-state index contributed by atoms with van der Waals surface area (Å²) < 4.78 is 12.0. The lowest BCUT2D eigenvalue weighted by molar-refractivity contribution is -0.172. The standard InChI is InChI=1S/C29H34N2O6Si/c1-5-29(35)23-15-25-26-21(16-31(25)27(33)22(23)17-37-28(29)34)19(20-9-6-7-10-24(20)30-26)11-14-38(3,4)13-8-12-36-18(2)32/h6-7,9-10,15,35H,5,8,11-14,16-17H2,1-4H3. The highest BCUT2D eigenvalue weighted by Crippen LogP contribution is 2.40. The maximum atomic E-state index is 13.6. The second kappa shape index (κ2) is 9.78. The predicted molar refractivity (Wildman–Crippen MR) is 147 cm³/mol. The molecule has 1 unspecified atom stereocenters. The molecule has 5 rings (SSSR count). The van der Waals surface area contributed by atoms with E-state index >= 15 is 0 Å². The van der Waals surface area contributed by atoms with Crippen LogP contribution in [0.3, 0.4) is 0 Å². The van der Waals surface area contributed by atoms with Crippen LogP contribution in [0.4, 0.5) is 0 Å². The molecule has 0 bridgehead atoms. The predicted octanol–water partition coefficient (Wildman–Crippen LogP) is 4.28. The molecule has 0 saturated carbocycles. The molecule has 1 aromatic carbocycles. The first-order valence-corrected chi connectivity index (χ1v) is 16.7. The van der Waals surface area contributed by atoms with Gasteiger partial charge in [0.1, 0.15) is 6.61 Å². The molecule has 2 aliphatic rings. The number of hydrogen-bond donors (Lipinski definition) is 1. The Morgan fingerprint density at radius 3 is 2.71 bits per heavy atom. The zero-order valence-electron chi connectivity index (χ0n) is 22.4. The van der Waals surface area contributed by atoms with Crippen LogP contribution < -0.4 is 5.56 Å². The average molecular weight is 535 g/mol. The van der Waals surface area contributed by atoms with Gasteiger partial charge >= 0.3 is 11.9 Å². The summed E-state index contributed by atoms with van der Waals surface area (Å²) >= 11 is 0. The Labute approximate surface area is 222 Å². The van der Waals surface area contributed by atoms with Crippen molar-refractivity contribution < 1.29 is 24.2 Å². The van der Waals surface area contributed by atoms with Crippen molar-refractivity contribution in [2.24, 2.45) is 0 Å². The summed E-state index contributed by atoms with van der Waals surface area (Å²) in [5, 5.41) is 12.2. The lowest BCUT2D eigenvalue weighted by Crippen LogP contribution is -2.44. The van der Waals surface area contributed by atoms with Gasteiger partial charge in [0, 0.05) is 31.5 Å². The third kappa shape index (κ3) is 4.47. The smallest absolute Gasteiger partial charge is 0.343 e. The summed E-state index contributed by atoms with van der Waals surface area (Å²) in [4.78, 5) is 42.2. The Hall–Kier alpha value is -3.30. The molecule has 1 atom stereocenters. The normalized spacial score (nSPS) is 18.1. The van der Waals surface area contributed by atoms with Gasteiger partial charge in [-0.25, -0.2) is 9.78 Å². The number of aryl methyl sites for hydroxylation is 1. The van der Waals surface area contributed by atoms with Crippen molar-refractivity contribution in [1.82, 2.24) is 9.55 Å². The average Bonchev–Trinajstić information content (AvgIpc) is 3.25. The summed E-state index contributed by atoms with van der Waals surface area (Å²) in [6.45, 7) is 8.58. The molecular weight excluding hydrogens is 500 g/mol. The van der Waals surface area contributed by atoms with Crippen LogP contribution in [0.15, 0.2) is 35.1 Å². The molecule has 0 radical (unpaired) electrons. The van der Waals surface area contributed by atoms with Crippen molar-refractivity contribution in [2.75, 3.05) is 6.61 Å². The fourth-order valence-corrected chi connectivity index (χ4v) is 8.03. The number of nitrogens with zero attached hydrogens (tertiary/aromatic N) is 2. The number of benzene rings is 1. The number of esters is 2. The molecule has 3 aromatic rings. The van der Waals surface area contributed by atoms with E-state index in [0.717, 1.165) is 47.1 Å². The summed E-state index contributed by atoms with van der Waals surface area (Å²) in [6.07, 6.45) is 1.84. The largest absolute Gasteiger partial charge is 0.466 e. The number of carbonyl (C=O) groups excluding carboxylic acids is 2. The van der Waals surface area contributed by atoms with E-state index in [9.17, 15) is 19.5 Å². The van der Waals surface area contributed by atoms with Gasteiger partial charge in [0.2, 0.25) is 0 Å². The van der Waals surface area contributed by atoms with Gasteiger partial charge in [-0.3, -0.25) is 9.59 Å². The first-order valence-electron chi connectivity index (χ1n) is 13.3. The van der Waals surface area contributed by atoms with Crippen molar-refractivity contribution >= 4 is 30.9 Å². The van der Waals surface area contributed by atoms with E-state index in [4.69, 9.17) is 14.5 Å². The molecule has 8 nitrogen and oxygen atoms in total. The second-order valence-electron chi connectivity index (χ2n) is 11.1. The van der Waals surface area contributed by atoms with E-state index in [0.29, 0.717) is 30.0 Å². The number of aromatic nitrogens is 2. The molecule has 4 heterocycles. The van der Waals surface area contributed by atoms with E-state index in [1.165, 1.54) is 12.5 Å². The second-order valence-corrected chi connectivity index (χ2v) is 16.5. The summed E-state index contributed by atoms with van der Waals surface area (Å²) in [6, 6.07) is 11.9. The highest BCUT2D eigenvalue weighted by atomic mass is 28.3. The number of aliphatic hydroxyl groups is 1. The van der Waals surface area contributed by atoms with Crippen molar-refractivity contribution in [3.05, 3.63) is 62.9 Å². The zero-order chi connectivity index (χ0) is 27.2. The molecule has 9 heteroatoms. The number of hydrogen-bond acceptors (Lipinski definition) is 7. The summed E-state index contributed by atoms with van der Waals surface area (Å²) in [7, 11) is -1.59. The van der Waals surface area contributed by atoms with E-state index in [-0.39, 0.29) is 24.6 Å².